The molecule has 2 N–H and O–H groups in total. The monoisotopic (exact) mass is 281 g/mol. The van der Waals surface area contributed by atoms with E-state index in [0.29, 0.717) is 11.6 Å². The average molecular weight is 282 g/mol. The normalized spacial score (nSPS) is 9.81. The van der Waals surface area contributed by atoms with Crippen molar-refractivity contribution in [2.75, 3.05) is 10.6 Å². The summed E-state index contributed by atoms with van der Waals surface area (Å²) >= 11 is 3.31. The molecule has 1 heterocycles. The number of urea groups is 1. The van der Waals surface area contributed by atoms with Gasteiger partial charge in [0.25, 0.3) is 0 Å². The van der Waals surface area contributed by atoms with Crippen LogP contribution in [0.1, 0.15) is 0 Å². The number of amides is 2. The van der Waals surface area contributed by atoms with Gasteiger partial charge in [-0.1, -0.05) is 21.1 Å². The van der Waals surface area contributed by atoms with E-state index in [4.69, 9.17) is 4.52 Å². The first kappa shape index (κ1) is 10.7. The maximum atomic E-state index is 11.4. The molecule has 2 amide bonds. The zero-order valence-electron chi connectivity index (χ0n) is 8.11. The van der Waals surface area contributed by atoms with E-state index in [2.05, 4.69) is 31.7 Å². The third-order valence-electron chi connectivity index (χ3n) is 1.78. The Bertz CT molecular complexity index is 467. The maximum absolute atomic E-state index is 11.4. The summed E-state index contributed by atoms with van der Waals surface area (Å²) in [5.41, 5.74) is 0.695. The highest BCUT2D eigenvalue weighted by Crippen LogP contribution is 2.14. The zero-order valence-corrected chi connectivity index (χ0v) is 9.69. The van der Waals surface area contributed by atoms with Gasteiger partial charge in [-0.15, -0.1) is 0 Å². The second-order valence-electron chi connectivity index (χ2n) is 2.96. The van der Waals surface area contributed by atoms with Gasteiger partial charge in [0.1, 0.15) is 0 Å². The predicted octanol–water partition coefficient (Wildman–Crippen LogP) is 3.08. The highest BCUT2D eigenvalue weighted by atomic mass is 79.9. The number of carbonyl (C=O) groups excluding carboxylic acids is 1. The summed E-state index contributed by atoms with van der Waals surface area (Å²) in [5, 5.41) is 8.61. The van der Waals surface area contributed by atoms with E-state index in [1.54, 1.807) is 18.2 Å². The van der Waals surface area contributed by atoms with Crippen LogP contribution >= 0.6 is 15.9 Å². The van der Waals surface area contributed by atoms with Gasteiger partial charge in [0.05, 0.1) is 6.20 Å². The van der Waals surface area contributed by atoms with Crippen LogP contribution in [0.3, 0.4) is 0 Å². The number of aromatic nitrogens is 1. The number of carbonyl (C=O) groups is 1. The molecular formula is C10H8BrN3O2. The van der Waals surface area contributed by atoms with Crippen LogP contribution in [0.25, 0.3) is 0 Å². The zero-order chi connectivity index (χ0) is 11.4. The summed E-state index contributed by atoms with van der Waals surface area (Å²) in [6, 6.07) is 8.42. The van der Waals surface area contributed by atoms with Crippen molar-refractivity contribution in [1.29, 1.82) is 0 Å². The fraction of sp³-hybridized carbons (Fsp3) is 0. The number of nitrogens with zero attached hydrogens (tertiary/aromatic N) is 1. The molecule has 0 aliphatic carbocycles. The van der Waals surface area contributed by atoms with Crippen molar-refractivity contribution in [2.45, 2.75) is 0 Å². The SMILES string of the molecule is O=C(Nc1ccc(Br)cc1)Nc1ccno1. The Morgan fingerprint density at radius 2 is 1.94 bits per heavy atom. The van der Waals surface area contributed by atoms with Crippen molar-refractivity contribution in [1.82, 2.24) is 5.16 Å². The number of nitrogens with one attached hydrogen (secondary N) is 2. The van der Waals surface area contributed by atoms with E-state index in [1.807, 2.05) is 12.1 Å². The first-order valence-corrected chi connectivity index (χ1v) is 5.27. The van der Waals surface area contributed by atoms with E-state index in [1.165, 1.54) is 6.20 Å². The van der Waals surface area contributed by atoms with Gasteiger partial charge >= 0.3 is 6.03 Å². The van der Waals surface area contributed by atoms with Crippen LogP contribution in [0.4, 0.5) is 16.4 Å². The molecule has 82 valence electrons. The van der Waals surface area contributed by atoms with E-state index >= 15 is 0 Å². The van der Waals surface area contributed by atoms with E-state index < -0.39 is 0 Å². The number of halogens is 1. The number of anilines is 2. The molecule has 0 radical (unpaired) electrons. The minimum Gasteiger partial charge on any atom is -0.338 e. The van der Waals surface area contributed by atoms with E-state index in [0.717, 1.165) is 4.47 Å². The highest BCUT2D eigenvalue weighted by Gasteiger charge is 2.04. The molecule has 5 nitrogen and oxygen atoms in total. The molecule has 1 aromatic heterocycles. The van der Waals surface area contributed by atoms with Crippen molar-refractivity contribution in [3.05, 3.63) is 41.0 Å². The lowest BCUT2D eigenvalue weighted by molar-refractivity contribution is 0.261. The molecule has 2 aromatic rings. The van der Waals surface area contributed by atoms with Gasteiger partial charge in [0.15, 0.2) is 0 Å². The van der Waals surface area contributed by atoms with Gasteiger partial charge in [0, 0.05) is 16.2 Å². The molecule has 1 aromatic carbocycles. The van der Waals surface area contributed by atoms with E-state index in [-0.39, 0.29) is 6.03 Å². The van der Waals surface area contributed by atoms with Gasteiger partial charge in [-0.3, -0.25) is 5.32 Å². The Morgan fingerprint density at radius 3 is 2.56 bits per heavy atom. The van der Waals surface area contributed by atoms with Crippen LogP contribution in [0.5, 0.6) is 0 Å². The fourth-order valence-electron chi connectivity index (χ4n) is 1.09. The molecule has 0 saturated heterocycles. The fourth-order valence-corrected chi connectivity index (χ4v) is 1.35. The molecule has 0 aliphatic heterocycles. The van der Waals surface area contributed by atoms with Crippen molar-refractivity contribution in [2.24, 2.45) is 0 Å². The summed E-state index contributed by atoms with van der Waals surface area (Å²) < 4.78 is 5.68. The summed E-state index contributed by atoms with van der Waals surface area (Å²) in [6.07, 6.45) is 1.45. The van der Waals surface area contributed by atoms with Crippen LogP contribution < -0.4 is 10.6 Å². The Labute approximate surface area is 99.9 Å². The minimum atomic E-state index is -0.376. The van der Waals surface area contributed by atoms with E-state index in [9.17, 15) is 4.79 Å². The summed E-state index contributed by atoms with van der Waals surface area (Å²) in [7, 11) is 0. The van der Waals surface area contributed by atoms with Crippen molar-refractivity contribution < 1.29 is 9.32 Å². The first-order valence-electron chi connectivity index (χ1n) is 4.48. The van der Waals surface area contributed by atoms with Crippen molar-refractivity contribution >= 4 is 33.5 Å². The topological polar surface area (TPSA) is 67.2 Å². The lowest BCUT2D eigenvalue weighted by atomic mass is 10.3. The molecule has 2 rings (SSSR count). The molecule has 0 unspecified atom stereocenters. The number of hydrogen-bond acceptors (Lipinski definition) is 3. The Morgan fingerprint density at radius 1 is 1.19 bits per heavy atom. The maximum Gasteiger partial charge on any atom is 0.326 e. The lowest BCUT2D eigenvalue weighted by Gasteiger charge is -2.04. The average Bonchev–Trinajstić information content (AvgIpc) is 2.74. The molecule has 16 heavy (non-hydrogen) atoms. The third kappa shape index (κ3) is 2.83. The van der Waals surface area contributed by atoms with Crippen LogP contribution in [-0.4, -0.2) is 11.2 Å². The van der Waals surface area contributed by atoms with Gasteiger partial charge in [-0.05, 0) is 24.3 Å². The van der Waals surface area contributed by atoms with Gasteiger partial charge in [-0.25, -0.2) is 4.79 Å². The smallest absolute Gasteiger partial charge is 0.326 e. The Hall–Kier alpha value is -1.82. The summed E-state index contributed by atoms with van der Waals surface area (Å²) in [5.74, 6) is 0.301. The third-order valence-corrected chi connectivity index (χ3v) is 2.31. The Kier molecular flexibility index (Phi) is 3.21. The second-order valence-corrected chi connectivity index (χ2v) is 3.88. The summed E-state index contributed by atoms with van der Waals surface area (Å²) in [6.45, 7) is 0. The second kappa shape index (κ2) is 4.80. The number of benzene rings is 1. The number of hydrogen-bond donors (Lipinski definition) is 2. The minimum absolute atomic E-state index is 0.301. The van der Waals surface area contributed by atoms with Crippen LogP contribution in [0.2, 0.25) is 0 Å². The largest absolute Gasteiger partial charge is 0.338 e. The van der Waals surface area contributed by atoms with Gasteiger partial charge < -0.3 is 9.84 Å². The molecule has 0 aliphatic rings. The molecule has 0 bridgehead atoms. The molecule has 0 spiro atoms. The Balaban J connectivity index is 1.95. The molecule has 0 atom stereocenters. The van der Waals surface area contributed by atoms with Crippen LogP contribution in [0.15, 0.2) is 45.5 Å². The predicted molar refractivity (Wildman–Crippen MR) is 63.3 cm³/mol. The van der Waals surface area contributed by atoms with Crippen LogP contribution in [-0.2, 0) is 0 Å². The summed E-state index contributed by atoms with van der Waals surface area (Å²) in [4.78, 5) is 11.4. The standard InChI is InChI=1S/C10H8BrN3O2/c11-7-1-3-8(4-2-7)13-10(15)14-9-5-6-12-16-9/h1-6H,(H2,13,14,15). The highest BCUT2D eigenvalue weighted by molar-refractivity contribution is 9.10. The molecule has 0 fully saturated rings. The molecular weight excluding hydrogens is 274 g/mol. The number of rotatable bonds is 2. The molecule has 0 saturated carbocycles. The van der Waals surface area contributed by atoms with Crippen molar-refractivity contribution in [3.8, 4) is 0 Å². The molecule has 6 heteroatoms. The quantitative estimate of drug-likeness (QED) is 0.889. The lowest BCUT2D eigenvalue weighted by Crippen LogP contribution is -2.18. The van der Waals surface area contributed by atoms with Crippen molar-refractivity contribution in [3.63, 3.8) is 0 Å². The van der Waals surface area contributed by atoms with Crippen LogP contribution in [0, 0.1) is 0 Å². The van der Waals surface area contributed by atoms with Gasteiger partial charge in [-0.2, -0.15) is 0 Å². The first-order chi connectivity index (χ1) is 7.74. The van der Waals surface area contributed by atoms with Gasteiger partial charge in [0.2, 0.25) is 5.88 Å².